The Kier molecular flexibility index (Phi) is 5.10. The molecule has 0 saturated heterocycles. The number of thiophene rings is 1. The fraction of sp³-hybridized carbons (Fsp3) is 0.143. The van der Waals surface area contributed by atoms with Crippen molar-refractivity contribution in [1.82, 2.24) is 0 Å². The molecule has 0 aliphatic rings. The van der Waals surface area contributed by atoms with E-state index in [1.807, 2.05) is 11.3 Å². The largest absolute Gasteiger partial charge is 0.346 e. The van der Waals surface area contributed by atoms with Crippen molar-refractivity contribution in [2.45, 2.75) is 27.7 Å². The molecule has 1 nitrogen and oxygen atoms in total. The van der Waals surface area contributed by atoms with Gasteiger partial charge in [-0.05, 0) is 73.9 Å². The maximum absolute atomic E-state index is 10.3. The Morgan fingerprint density at radius 3 is 1.29 bits per heavy atom. The molecule has 0 spiro atoms. The number of hydrogen-bond donors (Lipinski definition) is 1. The van der Waals surface area contributed by atoms with Crippen LogP contribution in [0.5, 0.6) is 0 Å². The van der Waals surface area contributed by atoms with Gasteiger partial charge in [-0.15, -0.1) is 11.3 Å². The fourth-order valence-corrected chi connectivity index (χ4v) is 7.27. The predicted octanol–water partition coefficient (Wildman–Crippen LogP) is 9.02. The normalized spacial score (nSPS) is 11.4. The van der Waals surface area contributed by atoms with E-state index in [4.69, 9.17) is 0 Å². The van der Waals surface area contributed by atoms with Gasteiger partial charge in [0.2, 0.25) is 0 Å². The Labute approximate surface area is 187 Å². The first kappa shape index (κ1) is 20.3. The molecule has 0 saturated carbocycles. The summed E-state index contributed by atoms with van der Waals surface area (Å²) < 4.78 is 2.80. The van der Waals surface area contributed by atoms with Crippen LogP contribution in [0.2, 0.25) is 0 Å². The van der Waals surface area contributed by atoms with Gasteiger partial charge in [-0.25, -0.2) is 0 Å². The van der Waals surface area contributed by atoms with Crippen LogP contribution in [0.3, 0.4) is 0 Å². The van der Waals surface area contributed by atoms with E-state index in [9.17, 15) is 4.89 Å². The van der Waals surface area contributed by atoms with Crippen LogP contribution in [0.1, 0.15) is 22.3 Å². The minimum Gasteiger partial charge on any atom is -0.346 e. The van der Waals surface area contributed by atoms with Gasteiger partial charge in [0.05, 0.1) is 0 Å². The van der Waals surface area contributed by atoms with E-state index in [2.05, 4.69) is 100 Å². The average Bonchev–Trinajstić information content (AvgIpc) is 3.22. The molecule has 3 heteroatoms. The highest BCUT2D eigenvalue weighted by Crippen LogP contribution is 2.46. The molecule has 6 rings (SSSR count). The highest BCUT2D eigenvalue weighted by atomic mass is 32.1. The van der Waals surface area contributed by atoms with E-state index >= 15 is 0 Å². The number of hydrogen-bond acceptors (Lipinski definition) is 2. The first-order valence-corrected chi connectivity index (χ1v) is 12.6. The Morgan fingerprint density at radius 1 is 0.516 bits per heavy atom. The number of aryl methyl sites for hydroxylation is 4. The van der Waals surface area contributed by atoms with Crippen molar-refractivity contribution in [1.29, 1.82) is 0 Å². The summed E-state index contributed by atoms with van der Waals surface area (Å²) in [5, 5.41) is 7.40. The molecular formula is C28H25OPS. The first-order chi connectivity index (χ1) is 14.9. The summed E-state index contributed by atoms with van der Waals surface area (Å²) in [6, 6.07) is 26.1. The van der Waals surface area contributed by atoms with Crippen LogP contribution in [0, 0.1) is 27.7 Å². The third-order valence-electron chi connectivity index (χ3n) is 5.84. The summed E-state index contributed by atoms with van der Waals surface area (Å²) in [7, 11) is -1.13. The van der Waals surface area contributed by atoms with E-state index in [1.54, 1.807) is 0 Å². The van der Waals surface area contributed by atoms with E-state index < -0.39 is 7.76 Å². The van der Waals surface area contributed by atoms with Gasteiger partial charge < -0.3 is 4.89 Å². The van der Waals surface area contributed by atoms with Crippen molar-refractivity contribution < 1.29 is 4.89 Å². The third-order valence-corrected chi connectivity index (χ3v) is 8.61. The lowest BCUT2D eigenvalue weighted by Crippen LogP contribution is -1.71. The van der Waals surface area contributed by atoms with Gasteiger partial charge in [0.15, 0.2) is 0 Å². The smallest absolute Gasteiger partial charge is 0.0358 e. The monoisotopic (exact) mass is 440 g/mol. The summed E-state index contributed by atoms with van der Waals surface area (Å²) in [5.41, 5.74) is 5.10. The third kappa shape index (κ3) is 3.66. The SMILES string of the molecule is Cc1ccc2c(c1)sc1cc(C)ccc12.Cc1ccc2c3ccc(C)cc3p(O)c2c1. The van der Waals surface area contributed by atoms with Gasteiger partial charge in [-0.3, -0.25) is 0 Å². The van der Waals surface area contributed by atoms with Crippen LogP contribution in [0.4, 0.5) is 0 Å². The minimum absolute atomic E-state index is 1.11. The maximum atomic E-state index is 10.3. The quantitative estimate of drug-likeness (QED) is 0.250. The van der Waals surface area contributed by atoms with Gasteiger partial charge in [0.1, 0.15) is 0 Å². The van der Waals surface area contributed by atoms with E-state index in [0.29, 0.717) is 0 Å². The zero-order valence-electron chi connectivity index (χ0n) is 18.2. The molecule has 0 fully saturated rings. The highest BCUT2D eigenvalue weighted by Gasteiger charge is 2.10. The Bertz CT molecular complexity index is 1470. The lowest BCUT2D eigenvalue weighted by Gasteiger charge is -1.94. The second-order valence-corrected chi connectivity index (χ2v) is 11.1. The summed E-state index contributed by atoms with van der Waals surface area (Å²) in [6.07, 6.45) is 0. The zero-order valence-corrected chi connectivity index (χ0v) is 19.9. The summed E-state index contributed by atoms with van der Waals surface area (Å²) in [4.78, 5) is 10.3. The van der Waals surface area contributed by atoms with Gasteiger partial charge in [0.25, 0.3) is 0 Å². The van der Waals surface area contributed by atoms with Crippen molar-refractivity contribution in [2.24, 2.45) is 0 Å². The van der Waals surface area contributed by atoms with Crippen molar-refractivity contribution >= 4 is 60.3 Å². The van der Waals surface area contributed by atoms with Gasteiger partial charge in [0, 0.05) is 38.2 Å². The van der Waals surface area contributed by atoms with Crippen molar-refractivity contribution in [2.75, 3.05) is 0 Å². The summed E-state index contributed by atoms with van der Waals surface area (Å²) in [5.74, 6) is 0. The topological polar surface area (TPSA) is 20.2 Å². The molecule has 0 bridgehead atoms. The second-order valence-electron chi connectivity index (χ2n) is 8.45. The second kappa shape index (κ2) is 7.80. The van der Waals surface area contributed by atoms with E-state index in [0.717, 1.165) is 10.2 Å². The zero-order chi connectivity index (χ0) is 21.7. The van der Waals surface area contributed by atoms with Gasteiger partial charge in [-0.2, -0.15) is 0 Å². The maximum Gasteiger partial charge on any atom is 0.0358 e. The molecule has 2 heterocycles. The molecule has 4 aromatic carbocycles. The average molecular weight is 441 g/mol. The fourth-order valence-electron chi connectivity index (χ4n) is 4.21. The molecule has 0 atom stereocenters. The number of fused-ring (bicyclic) bond motifs is 6. The van der Waals surface area contributed by atoms with E-state index in [1.165, 1.54) is 53.2 Å². The number of rotatable bonds is 0. The van der Waals surface area contributed by atoms with Crippen molar-refractivity contribution in [3.8, 4) is 0 Å². The summed E-state index contributed by atoms with van der Waals surface area (Å²) in [6.45, 7) is 8.43. The molecule has 154 valence electrons. The Morgan fingerprint density at radius 2 is 0.871 bits per heavy atom. The van der Waals surface area contributed by atoms with Gasteiger partial charge in [-0.1, -0.05) is 59.7 Å². The van der Waals surface area contributed by atoms with Gasteiger partial charge >= 0.3 is 0 Å². The molecule has 0 aliphatic carbocycles. The highest BCUT2D eigenvalue weighted by molar-refractivity contribution is 7.56. The molecule has 1 N–H and O–H groups in total. The van der Waals surface area contributed by atoms with E-state index in [-0.39, 0.29) is 0 Å². The standard InChI is InChI=1S/C14H13OP.C14H12S/c1-9-3-5-11-12-6-4-10(2)8-14(12)16(15)13(11)7-9;1-9-3-5-11-12-6-4-10(2)8-14(12)15-13(11)7-9/h3-8,15H,1-2H3;3-8H,1-2H3. The molecule has 6 aromatic rings. The van der Waals surface area contributed by atoms with Crippen molar-refractivity contribution in [3.63, 3.8) is 0 Å². The van der Waals surface area contributed by atoms with Crippen LogP contribution >= 0.6 is 19.1 Å². The molecule has 0 unspecified atom stereocenters. The van der Waals surface area contributed by atoms with Crippen LogP contribution in [0.25, 0.3) is 41.2 Å². The lowest BCUT2D eigenvalue weighted by atomic mass is 10.1. The minimum atomic E-state index is -1.13. The van der Waals surface area contributed by atoms with Crippen LogP contribution in [-0.2, 0) is 0 Å². The molecule has 2 aromatic heterocycles. The molecule has 0 amide bonds. The van der Waals surface area contributed by atoms with Crippen molar-refractivity contribution in [3.05, 3.63) is 95.1 Å². The predicted molar refractivity (Wildman–Crippen MR) is 140 cm³/mol. The Hall–Kier alpha value is -2.64. The van der Waals surface area contributed by atoms with Crippen LogP contribution in [-0.4, -0.2) is 4.89 Å². The number of benzene rings is 4. The first-order valence-electron chi connectivity index (χ1n) is 10.5. The van der Waals surface area contributed by atoms with Crippen LogP contribution in [0.15, 0.2) is 72.8 Å². The molecule has 0 aliphatic heterocycles. The molecule has 31 heavy (non-hydrogen) atoms. The molecular weight excluding hydrogens is 415 g/mol. The Balaban J connectivity index is 0.000000132. The molecule has 0 radical (unpaired) electrons. The summed E-state index contributed by atoms with van der Waals surface area (Å²) >= 11 is 1.89. The lowest BCUT2D eigenvalue weighted by molar-refractivity contribution is 0.653. The van der Waals surface area contributed by atoms with Crippen LogP contribution < -0.4 is 0 Å².